The van der Waals surface area contributed by atoms with Crippen molar-refractivity contribution in [3.05, 3.63) is 35.4 Å². The summed E-state index contributed by atoms with van der Waals surface area (Å²) in [6.07, 6.45) is -2.84. The normalized spacial score (nSPS) is 10.5. The minimum atomic E-state index is -2.84. The molecule has 1 aromatic carbocycles. The number of alkyl halides is 2. The molecule has 0 aliphatic carbocycles. The fourth-order valence-corrected chi connectivity index (χ4v) is 3.05. The number of benzene rings is 1. The highest BCUT2D eigenvalue weighted by Gasteiger charge is 2.21. The van der Waals surface area contributed by atoms with E-state index in [4.69, 9.17) is 9.47 Å². The number of thioether (sulfide) groups is 1. The van der Waals surface area contributed by atoms with Crippen LogP contribution >= 0.6 is 11.8 Å². The summed E-state index contributed by atoms with van der Waals surface area (Å²) in [4.78, 5) is 15.6. The van der Waals surface area contributed by atoms with Gasteiger partial charge in [-0.05, 0) is 31.2 Å². The van der Waals surface area contributed by atoms with Gasteiger partial charge in [-0.15, -0.1) is 0 Å². The number of ether oxygens (including phenoxy) is 2. The number of methoxy groups -OCH3 is 2. The van der Waals surface area contributed by atoms with Gasteiger partial charge in [-0.25, -0.2) is 13.8 Å². The van der Waals surface area contributed by atoms with E-state index in [1.807, 2.05) is 0 Å². The molecule has 0 aliphatic heterocycles. The third-order valence-corrected chi connectivity index (χ3v) is 4.57. The van der Waals surface area contributed by atoms with Crippen LogP contribution in [0.3, 0.4) is 0 Å². The standard InChI is InChI=1S/C18H16F2N2O3S/c1-10(23)9-26-18-13(8-21)12(17(19)20)7-14(22-18)11-4-5-15(24-2)16(6-11)25-3/h4-7,17H,9H2,1-3H3. The Morgan fingerprint density at radius 3 is 2.50 bits per heavy atom. The first-order valence-corrected chi connectivity index (χ1v) is 8.47. The van der Waals surface area contributed by atoms with Gasteiger partial charge in [0, 0.05) is 11.1 Å². The van der Waals surface area contributed by atoms with E-state index in [9.17, 15) is 18.8 Å². The molecule has 0 saturated heterocycles. The van der Waals surface area contributed by atoms with Gasteiger partial charge in [0.1, 0.15) is 16.9 Å². The molecule has 0 radical (unpaired) electrons. The number of hydrogen-bond acceptors (Lipinski definition) is 6. The Morgan fingerprint density at radius 1 is 1.27 bits per heavy atom. The summed E-state index contributed by atoms with van der Waals surface area (Å²) in [6, 6.07) is 7.86. The van der Waals surface area contributed by atoms with Crippen molar-refractivity contribution in [2.75, 3.05) is 20.0 Å². The maximum atomic E-state index is 13.5. The molecule has 26 heavy (non-hydrogen) atoms. The monoisotopic (exact) mass is 378 g/mol. The van der Waals surface area contributed by atoms with Crippen LogP contribution in [0.1, 0.15) is 24.5 Å². The van der Waals surface area contributed by atoms with Gasteiger partial charge in [-0.2, -0.15) is 5.26 Å². The smallest absolute Gasteiger partial charge is 0.265 e. The van der Waals surface area contributed by atoms with Crippen LogP contribution in [0, 0.1) is 11.3 Å². The number of ketones is 1. The van der Waals surface area contributed by atoms with Crippen LogP contribution in [0.15, 0.2) is 29.3 Å². The summed E-state index contributed by atoms with van der Waals surface area (Å²) < 4.78 is 37.3. The molecule has 136 valence electrons. The minimum Gasteiger partial charge on any atom is -0.493 e. The van der Waals surface area contributed by atoms with Crippen LogP contribution in [0.5, 0.6) is 11.5 Å². The molecule has 0 amide bonds. The molecule has 1 heterocycles. The van der Waals surface area contributed by atoms with Gasteiger partial charge in [-0.1, -0.05) is 11.8 Å². The summed E-state index contributed by atoms with van der Waals surface area (Å²) in [6.45, 7) is 1.38. The SMILES string of the molecule is COc1ccc(-c2cc(C(F)F)c(C#N)c(SCC(C)=O)n2)cc1OC. The zero-order valence-electron chi connectivity index (χ0n) is 14.4. The molecule has 0 fully saturated rings. The van der Waals surface area contributed by atoms with Crippen molar-refractivity contribution < 1.29 is 23.0 Å². The van der Waals surface area contributed by atoms with Gasteiger partial charge in [0.05, 0.1) is 31.2 Å². The van der Waals surface area contributed by atoms with Crippen LogP contribution in [-0.2, 0) is 4.79 Å². The summed E-state index contributed by atoms with van der Waals surface area (Å²) in [5.41, 5.74) is 0.152. The number of Topliss-reactive ketones (excluding diaryl/α,β-unsaturated/α-hetero) is 1. The maximum Gasteiger partial charge on any atom is 0.265 e. The number of halogens is 2. The van der Waals surface area contributed by atoms with Crippen molar-refractivity contribution in [2.24, 2.45) is 0 Å². The molecule has 5 nitrogen and oxygen atoms in total. The van der Waals surface area contributed by atoms with Crippen LogP contribution in [0.25, 0.3) is 11.3 Å². The first-order chi connectivity index (χ1) is 12.4. The Bertz CT molecular complexity index is 866. The molecule has 0 aliphatic rings. The van der Waals surface area contributed by atoms with Crippen molar-refractivity contribution in [1.29, 1.82) is 5.26 Å². The molecule has 2 rings (SSSR count). The summed E-state index contributed by atoms with van der Waals surface area (Å²) in [7, 11) is 2.95. The van der Waals surface area contributed by atoms with Crippen LogP contribution in [0.2, 0.25) is 0 Å². The number of carbonyl (C=O) groups excluding carboxylic acids is 1. The lowest BCUT2D eigenvalue weighted by atomic mass is 10.1. The lowest BCUT2D eigenvalue weighted by molar-refractivity contribution is -0.114. The second kappa shape index (κ2) is 8.63. The molecule has 8 heteroatoms. The van der Waals surface area contributed by atoms with Crippen molar-refractivity contribution in [2.45, 2.75) is 18.4 Å². The zero-order valence-corrected chi connectivity index (χ0v) is 15.2. The van der Waals surface area contributed by atoms with E-state index in [0.717, 1.165) is 11.8 Å². The third kappa shape index (κ3) is 4.29. The molecule has 0 spiro atoms. The van der Waals surface area contributed by atoms with E-state index in [1.165, 1.54) is 27.2 Å². The largest absolute Gasteiger partial charge is 0.493 e. The Morgan fingerprint density at radius 2 is 1.96 bits per heavy atom. The molecule has 0 atom stereocenters. The van der Waals surface area contributed by atoms with Crippen LogP contribution in [-0.4, -0.2) is 30.7 Å². The van der Waals surface area contributed by atoms with Crippen LogP contribution in [0.4, 0.5) is 8.78 Å². The fraction of sp³-hybridized carbons (Fsp3) is 0.278. The average molecular weight is 378 g/mol. The van der Waals surface area contributed by atoms with E-state index in [1.54, 1.807) is 24.3 Å². The van der Waals surface area contributed by atoms with Gasteiger partial charge in [0.15, 0.2) is 11.5 Å². The molecular formula is C18H16F2N2O3S. The molecule has 1 aromatic heterocycles. The van der Waals surface area contributed by atoms with Gasteiger partial charge in [0.25, 0.3) is 6.43 Å². The quantitative estimate of drug-likeness (QED) is 0.671. The number of aromatic nitrogens is 1. The van der Waals surface area contributed by atoms with Crippen molar-refractivity contribution in [1.82, 2.24) is 4.98 Å². The summed E-state index contributed by atoms with van der Waals surface area (Å²) >= 11 is 0.965. The number of nitrogens with zero attached hydrogens (tertiary/aromatic N) is 2. The van der Waals surface area contributed by atoms with Gasteiger partial charge >= 0.3 is 0 Å². The molecule has 2 aromatic rings. The predicted octanol–water partition coefficient (Wildman–Crippen LogP) is 4.26. The van der Waals surface area contributed by atoms with E-state index < -0.39 is 12.0 Å². The average Bonchev–Trinajstić information content (AvgIpc) is 2.64. The number of pyridine rings is 1. The Hall–Kier alpha value is -2.66. The lowest BCUT2D eigenvalue weighted by Crippen LogP contribution is -2.02. The number of carbonyl (C=O) groups is 1. The van der Waals surface area contributed by atoms with Gasteiger partial charge in [0.2, 0.25) is 0 Å². The Labute approximate surface area is 153 Å². The van der Waals surface area contributed by atoms with E-state index in [0.29, 0.717) is 17.1 Å². The highest BCUT2D eigenvalue weighted by atomic mass is 32.2. The zero-order chi connectivity index (χ0) is 19.3. The maximum absolute atomic E-state index is 13.5. The topological polar surface area (TPSA) is 72.2 Å². The Balaban J connectivity index is 2.62. The first-order valence-electron chi connectivity index (χ1n) is 7.49. The van der Waals surface area contributed by atoms with Crippen LogP contribution < -0.4 is 9.47 Å². The Kier molecular flexibility index (Phi) is 6.52. The van der Waals surface area contributed by atoms with Crippen molar-refractivity contribution in [3.8, 4) is 28.8 Å². The van der Waals surface area contributed by atoms with E-state index >= 15 is 0 Å². The second-order valence-electron chi connectivity index (χ2n) is 5.25. The molecule has 0 saturated carbocycles. The number of hydrogen-bond donors (Lipinski definition) is 0. The van der Waals surface area contributed by atoms with Gasteiger partial charge in [-0.3, -0.25) is 4.79 Å². The highest BCUT2D eigenvalue weighted by Crippen LogP contribution is 2.36. The van der Waals surface area contributed by atoms with Crippen molar-refractivity contribution >= 4 is 17.5 Å². The van der Waals surface area contributed by atoms with Crippen molar-refractivity contribution in [3.63, 3.8) is 0 Å². The summed E-state index contributed by atoms with van der Waals surface area (Å²) in [5, 5.41) is 9.37. The second-order valence-corrected chi connectivity index (χ2v) is 6.21. The molecule has 0 unspecified atom stereocenters. The number of nitriles is 1. The third-order valence-electron chi connectivity index (χ3n) is 3.46. The predicted molar refractivity (Wildman–Crippen MR) is 93.9 cm³/mol. The molecular weight excluding hydrogens is 362 g/mol. The minimum absolute atomic E-state index is 0.0414. The highest BCUT2D eigenvalue weighted by molar-refractivity contribution is 8.00. The lowest BCUT2D eigenvalue weighted by Gasteiger charge is -2.13. The van der Waals surface area contributed by atoms with E-state index in [-0.39, 0.29) is 27.8 Å². The molecule has 0 bridgehead atoms. The number of rotatable bonds is 7. The molecule has 0 N–H and O–H groups in total. The van der Waals surface area contributed by atoms with E-state index in [2.05, 4.69) is 4.98 Å². The summed E-state index contributed by atoms with van der Waals surface area (Å²) in [5.74, 6) is 0.813. The fourth-order valence-electron chi connectivity index (χ4n) is 2.24. The first kappa shape index (κ1) is 19.7. The van der Waals surface area contributed by atoms with Gasteiger partial charge < -0.3 is 9.47 Å².